The minimum Gasteiger partial charge on any atom is -0.466 e. The van der Waals surface area contributed by atoms with Gasteiger partial charge in [0.1, 0.15) is 6.61 Å². The Morgan fingerprint density at radius 3 is 2.45 bits per heavy atom. The number of anilines is 1. The molecule has 1 aliphatic heterocycles. The predicted octanol–water partition coefficient (Wildman–Crippen LogP) is 3.06. The average Bonchev–Trinajstić information content (AvgIpc) is 2.98. The number of rotatable bonds is 7. The summed E-state index contributed by atoms with van der Waals surface area (Å²) in [4.78, 5) is 39.3. The van der Waals surface area contributed by atoms with Crippen molar-refractivity contribution in [3.63, 3.8) is 0 Å². The molecule has 2 aromatic carbocycles. The number of esters is 2. The van der Waals surface area contributed by atoms with Crippen LogP contribution in [0.25, 0.3) is 0 Å². The third-order valence-electron chi connectivity index (χ3n) is 4.76. The number of carbonyl (C=O) groups excluding carboxylic acids is 3. The Morgan fingerprint density at radius 1 is 1.10 bits per heavy atom. The molecule has 0 fully saturated rings. The highest BCUT2D eigenvalue weighted by Crippen LogP contribution is 2.52. The van der Waals surface area contributed by atoms with E-state index in [2.05, 4.69) is 6.58 Å². The molecule has 2 aromatic rings. The van der Waals surface area contributed by atoms with E-state index in [4.69, 9.17) is 9.47 Å². The summed E-state index contributed by atoms with van der Waals surface area (Å²) >= 11 is 1.01. The number of nitrogens with zero attached hydrogens (tertiary/aromatic N) is 1. The smallest absolute Gasteiger partial charge is 0.335 e. The molecule has 1 amide bonds. The van der Waals surface area contributed by atoms with Crippen molar-refractivity contribution in [3.8, 4) is 0 Å². The van der Waals surface area contributed by atoms with E-state index >= 15 is 0 Å². The van der Waals surface area contributed by atoms with Crippen molar-refractivity contribution in [3.05, 3.63) is 77.9 Å². The van der Waals surface area contributed by atoms with Gasteiger partial charge in [0, 0.05) is 18.3 Å². The predicted molar refractivity (Wildman–Crippen MR) is 111 cm³/mol. The Hall–Kier alpha value is -3.06. The van der Waals surface area contributed by atoms with Gasteiger partial charge < -0.3 is 14.4 Å². The fourth-order valence-electron chi connectivity index (χ4n) is 3.26. The molecule has 0 radical (unpaired) electrons. The average molecular weight is 411 g/mol. The zero-order valence-corrected chi connectivity index (χ0v) is 17.0. The van der Waals surface area contributed by atoms with Crippen LogP contribution in [0.3, 0.4) is 0 Å². The molecule has 6 nitrogen and oxygen atoms in total. The second-order valence-corrected chi connectivity index (χ2v) is 7.66. The van der Waals surface area contributed by atoms with Crippen molar-refractivity contribution in [2.75, 3.05) is 24.8 Å². The number of methoxy groups -OCH3 is 1. The quantitative estimate of drug-likeness (QED) is 0.515. The van der Waals surface area contributed by atoms with E-state index in [9.17, 15) is 14.4 Å². The van der Waals surface area contributed by atoms with Crippen LogP contribution in [0.1, 0.15) is 11.1 Å². The summed E-state index contributed by atoms with van der Waals surface area (Å²) in [5, 5.41) is 0. The third-order valence-corrected chi connectivity index (χ3v) is 6.21. The number of fused-ring (bicyclic) bond motifs is 1. The van der Waals surface area contributed by atoms with Crippen LogP contribution in [0.5, 0.6) is 0 Å². The number of carbonyl (C=O) groups is 3. The minimum atomic E-state index is -1.44. The maximum Gasteiger partial charge on any atom is 0.335 e. The minimum absolute atomic E-state index is 0.0253. The normalized spacial score (nSPS) is 17.6. The van der Waals surface area contributed by atoms with Gasteiger partial charge in [0.25, 0.3) is 5.91 Å². The molecule has 1 heterocycles. The van der Waals surface area contributed by atoms with Crippen molar-refractivity contribution in [1.29, 1.82) is 0 Å². The number of amides is 1. The van der Waals surface area contributed by atoms with Gasteiger partial charge in [0.15, 0.2) is 4.75 Å². The molecule has 150 valence electrons. The molecule has 0 saturated carbocycles. The molecule has 0 aromatic heterocycles. The van der Waals surface area contributed by atoms with Gasteiger partial charge in [0.2, 0.25) is 0 Å². The molecular weight excluding hydrogens is 390 g/mol. The van der Waals surface area contributed by atoms with Crippen LogP contribution in [-0.4, -0.2) is 37.8 Å². The topological polar surface area (TPSA) is 72.9 Å². The fraction of sp³-hybridized carbons (Fsp3) is 0.227. The molecule has 1 aliphatic rings. The summed E-state index contributed by atoms with van der Waals surface area (Å²) in [7, 11) is 2.86. The molecule has 3 rings (SSSR count). The summed E-state index contributed by atoms with van der Waals surface area (Å²) < 4.78 is 8.70. The highest BCUT2D eigenvalue weighted by Gasteiger charge is 2.54. The van der Waals surface area contributed by atoms with Gasteiger partial charge in [-0.25, -0.2) is 4.79 Å². The van der Waals surface area contributed by atoms with Gasteiger partial charge in [0.05, 0.1) is 18.4 Å². The molecule has 1 atom stereocenters. The van der Waals surface area contributed by atoms with Crippen LogP contribution in [0.15, 0.2) is 66.7 Å². The van der Waals surface area contributed by atoms with E-state index in [0.717, 1.165) is 17.3 Å². The largest absolute Gasteiger partial charge is 0.466 e. The van der Waals surface area contributed by atoms with E-state index < -0.39 is 16.7 Å². The summed E-state index contributed by atoms with van der Waals surface area (Å²) in [5.41, 5.74) is 2.10. The number of hydrogen-bond donors (Lipinski definition) is 0. The van der Waals surface area contributed by atoms with Crippen LogP contribution < -0.4 is 4.90 Å². The maximum atomic E-state index is 13.2. The van der Waals surface area contributed by atoms with Gasteiger partial charge in [-0.2, -0.15) is 0 Å². The van der Waals surface area contributed by atoms with Crippen molar-refractivity contribution >= 4 is 35.3 Å². The van der Waals surface area contributed by atoms with Crippen molar-refractivity contribution in [1.82, 2.24) is 0 Å². The first-order chi connectivity index (χ1) is 13.9. The summed E-state index contributed by atoms with van der Waals surface area (Å²) in [6, 6.07) is 16.4. The van der Waals surface area contributed by atoms with Crippen LogP contribution in [0, 0.1) is 0 Å². The molecule has 1 unspecified atom stereocenters. The Morgan fingerprint density at radius 2 is 1.76 bits per heavy atom. The second-order valence-electron chi connectivity index (χ2n) is 6.47. The van der Waals surface area contributed by atoms with Crippen LogP contribution in [-0.2, 0) is 35.2 Å². The maximum absolute atomic E-state index is 13.2. The number of ether oxygens (including phenoxy) is 2. The van der Waals surface area contributed by atoms with E-state index in [0.29, 0.717) is 11.3 Å². The monoisotopic (exact) mass is 411 g/mol. The highest BCUT2D eigenvalue weighted by molar-refractivity contribution is 8.01. The first-order valence-corrected chi connectivity index (χ1v) is 9.89. The standard InChI is InChI=1S/C22H21NO5S/c1-15(20(25)27-3)22(17-11-7-8-12-18(17)23(2)21(22)26)29-14-19(24)28-13-16-9-5-4-6-10-16/h4-12H,1,13-14H2,2-3H3. The summed E-state index contributed by atoms with van der Waals surface area (Å²) in [5.74, 6) is -1.67. The van der Waals surface area contributed by atoms with Crippen LogP contribution >= 0.6 is 11.8 Å². The summed E-state index contributed by atoms with van der Waals surface area (Å²) in [6.45, 7) is 3.97. The highest BCUT2D eigenvalue weighted by atomic mass is 32.2. The van der Waals surface area contributed by atoms with Crippen molar-refractivity contribution in [2.24, 2.45) is 0 Å². The molecule has 7 heteroatoms. The van der Waals surface area contributed by atoms with Gasteiger partial charge in [-0.15, -0.1) is 11.8 Å². The van der Waals surface area contributed by atoms with Gasteiger partial charge >= 0.3 is 11.9 Å². The zero-order chi connectivity index (χ0) is 21.0. The molecule has 0 bridgehead atoms. The number of thioether (sulfide) groups is 1. The van der Waals surface area contributed by atoms with E-state index in [1.54, 1.807) is 31.3 Å². The Bertz CT molecular complexity index is 959. The van der Waals surface area contributed by atoms with Crippen molar-refractivity contribution in [2.45, 2.75) is 11.4 Å². The second kappa shape index (κ2) is 8.53. The Labute approximate surface area is 173 Å². The molecule has 0 N–H and O–H groups in total. The van der Waals surface area contributed by atoms with Crippen LogP contribution in [0.2, 0.25) is 0 Å². The lowest BCUT2D eigenvalue weighted by atomic mass is 9.92. The lowest BCUT2D eigenvalue weighted by Gasteiger charge is -2.28. The Kier molecular flexibility index (Phi) is 6.08. The van der Waals surface area contributed by atoms with E-state index in [1.807, 2.05) is 30.3 Å². The molecular formula is C22H21NO5S. The molecule has 29 heavy (non-hydrogen) atoms. The van der Waals surface area contributed by atoms with Gasteiger partial charge in [-0.3, -0.25) is 9.59 Å². The van der Waals surface area contributed by atoms with Crippen molar-refractivity contribution < 1.29 is 23.9 Å². The van der Waals surface area contributed by atoms with E-state index in [-0.39, 0.29) is 23.8 Å². The number of benzene rings is 2. The molecule has 0 saturated heterocycles. The molecule has 0 spiro atoms. The first-order valence-electron chi connectivity index (χ1n) is 8.90. The molecule has 0 aliphatic carbocycles. The zero-order valence-electron chi connectivity index (χ0n) is 16.2. The lowest BCUT2D eigenvalue weighted by molar-refractivity contribution is -0.141. The third kappa shape index (κ3) is 3.78. The van der Waals surface area contributed by atoms with Gasteiger partial charge in [-0.05, 0) is 11.6 Å². The lowest BCUT2D eigenvalue weighted by Crippen LogP contribution is -2.40. The fourth-order valence-corrected chi connectivity index (χ4v) is 4.52. The van der Waals surface area contributed by atoms with E-state index in [1.165, 1.54) is 12.0 Å². The summed E-state index contributed by atoms with van der Waals surface area (Å²) in [6.07, 6.45) is 0. The van der Waals surface area contributed by atoms with Gasteiger partial charge in [-0.1, -0.05) is 55.1 Å². The number of para-hydroxylation sites is 1. The van der Waals surface area contributed by atoms with Crippen LogP contribution in [0.4, 0.5) is 5.69 Å². The first kappa shape index (κ1) is 20.7. The number of hydrogen-bond acceptors (Lipinski definition) is 6. The SMILES string of the molecule is C=C(C(=O)OC)C1(SCC(=O)OCc2ccccc2)C(=O)N(C)c2ccccc21. The number of likely N-dealkylation sites (N-methyl/N-ethyl adjacent to an activating group) is 1. The Balaban J connectivity index is 1.84.